The lowest BCUT2D eigenvalue weighted by Gasteiger charge is -2.19. The van der Waals surface area contributed by atoms with Gasteiger partial charge in [0.15, 0.2) is 0 Å². The number of aryl methyl sites for hydroxylation is 2. The van der Waals surface area contributed by atoms with Crippen LogP contribution in [0.3, 0.4) is 0 Å². The third kappa shape index (κ3) is 5.65. The second-order valence-electron chi connectivity index (χ2n) is 8.63. The smallest absolute Gasteiger partial charge is 0.300 e. The Bertz CT molecular complexity index is 1280. The van der Waals surface area contributed by atoms with E-state index in [9.17, 15) is 0 Å². The zero-order valence-electron chi connectivity index (χ0n) is 19.9. The van der Waals surface area contributed by atoms with Crippen molar-refractivity contribution in [2.75, 3.05) is 12.4 Å². The summed E-state index contributed by atoms with van der Waals surface area (Å²) in [6.45, 7) is 11.5. The van der Waals surface area contributed by atoms with Gasteiger partial charge in [-0.25, -0.2) is 9.97 Å². The number of ether oxygens (including phenoxy) is 1. The van der Waals surface area contributed by atoms with Crippen molar-refractivity contribution >= 4 is 23.4 Å². The number of hydrogen-bond acceptors (Lipinski definition) is 7. The highest BCUT2D eigenvalue weighted by atomic mass is 16.5. The summed E-state index contributed by atoms with van der Waals surface area (Å²) >= 11 is 0. The summed E-state index contributed by atoms with van der Waals surface area (Å²) in [7, 11) is 1.65. The van der Waals surface area contributed by atoms with Gasteiger partial charge < -0.3 is 19.7 Å². The quantitative estimate of drug-likeness (QED) is 0.477. The summed E-state index contributed by atoms with van der Waals surface area (Å²) in [6.07, 6.45) is 3.72. The average Bonchev–Trinajstić information content (AvgIpc) is 3.31. The molecule has 0 bridgehead atoms. The fraction of sp³-hybridized carbons (Fsp3) is 0.348. The Morgan fingerprint density at radius 3 is 2.39 bits per heavy atom. The van der Waals surface area contributed by atoms with Gasteiger partial charge in [-0.05, 0) is 32.0 Å². The molecule has 0 unspecified atom stereocenters. The number of fused-ring (bicyclic) bond motifs is 1. The number of carboxylic acid groups (broad SMARTS) is 1. The molecule has 0 saturated carbocycles. The zero-order valence-corrected chi connectivity index (χ0v) is 19.9. The number of nitrogens with zero attached hydrogens (tertiary/aromatic N) is 6. The summed E-state index contributed by atoms with van der Waals surface area (Å²) in [6, 6.07) is 7.90. The molecular weight excluding hydrogens is 422 g/mol. The van der Waals surface area contributed by atoms with E-state index in [1.165, 1.54) is 0 Å². The van der Waals surface area contributed by atoms with Crippen LogP contribution in [0.15, 0.2) is 36.8 Å². The van der Waals surface area contributed by atoms with E-state index in [1.54, 1.807) is 18.0 Å². The first-order valence-electron chi connectivity index (χ1n) is 10.4. The van der Waals surface area contributed by atoms with Gasteiger partial charge in [0.05, 0.1) is 30.5 Å². The SMILES string of the molecule is CC(=O)O.COc1cc(Nc2nc3nc(C)cc(C(C)(C)C)n3n2)ccc1-n1cnc(C)c1. The normalized spacial score (nSPS) is 11.1. The van der Waals surface area contributed by atoms with Gasteiger partial charge in [-0.1, -0.05) is 20.8 Å². The number of benzene rings is 1. The summed E-state index contributed by atoms with van der Waals surface area (Å²) in [5.41, 5.74) is 4.58. The van der Waals surface area contributed by atoms with Gasteiger partial charge in [0.1, 0.15) is 5.75 Å². The summed E-state index contributed by atoms with van der Waals surface area (Å²) in [5.74, 6) is 0.956. The molecule has 0 atom stereocenters. The molecule has 3 heterocycles. The zero-order chi connectivity index (χ0) is 24.3. The van der Waals surface area contributed by atoms with E-state index in [0.29, 0.717) is 11.7 Å². The third-order valence-electron chi connectivity index (χ3n) is 4.63. The van der Waals surface area contributed by atoms with Crippen molar-refractivity contribution in [3.8, 4) is 11.4 Å². The van der Waals surface area contributed by atoms with Crippen molar-refractivity contribution in [1.29, 1.82) is 0 Å². The van der Waals surface area contributed by atoms with Crippen LogP contribution in [-0.2, 0) is 10.2 Å². The molecule has 0 radical (unpaired) electrons. The standard InChI is InChI=1S/C21H25N7O.C2H4O2/c1-13-9-18(21(3,4)5)28-20(23-13)25-19(26-28)24-15-7-8-16(17(10-15)29-6)27-11-14(2)22-12-27;1-2(3)4/h7-12H,1-6H3,(H,24,26);1H3,(H,3,4). The summed E-state index contributed by atoms with van der Waals surface area (Å²) < 4.78 is 9.31. The first-order chi connectivity index (χ1) is 15.5. The number of carbonyl (C=O) groups is 1. The fourth-order valence-electron chi connectivity index (χ4n) is 3.22. The highest BCUT2D eigenvalue weighted by Crippen LogP contribution is 2.29. The Kier molecular flexibility index (Phi) is 6.66. The van der Waals surface area contributed by atoms with E-state index in [2.05, 4.69) is 52.2 Å². The van der Waals surface area contributed by atoms with Crippen LogP contribution >= 0.6 is 0 Å². The van der Waals surface area contributed by atoms with Crippen molar-refractivity contribution < 1.29 is 14.6 Å². The van der Waals surface area contributed by atoms with Crippen LogP contribution in [0.25, 0.3) is 11.5 Å². The molecule has 0 saturated heterocycles. The number of hydrogen-bond donors (Lipinski definition) is 2. The van der Waals surface area contributed by atoms with Gasteiger partial charge in [0, 0.05) is 36.0 Å². The molecule has 4 aromatic rings. The molecule has 174 valence electrons. The van der Waals surface area contributed by atoms with E-state index in [4.69, 9.17) is 14.6 Å². The molecule has 10 nitrogen and oxygen atoms in total. The largest absolute Gasteiger partial charge is 0.494 e. The molecule has 0 spiro atoms. The number of methoxy groups -OCH3 is 1. The number of rotatable bonds is 4. The second kappa shape index (κ2) is 9.27. The molecule has 0 fully saturated rings. The van der Waals surface area contributed by atoms with E-state index in [0.717, 1.165) is 41.1 Å². The topological polar surface area (TPSA) is 119 Å². The Balaban J connectivity index is 0.000000709. The Labute approximate surface area is 192 Å². The second-order valence-corrected chi connectivity index (χ2v) is 8.63. The monoisotopic (exact) mass is 451 g/mol. The Morgan fingerprint density at radius 2 is 1.82 bits per heavy atom. The van der Waals surface area contributed by atoms with Crippen LogP contribution in [0.1, 0.15) is 44.8 Å². The van der Waals surface area contributed by atoms with Crippen LogP contribution in [0.4, 0.5) is 11.6 Å². The predicted molar refractivity (Wildman–Crippen MR) is 126 cm³/mol. The molecule has 3 aromatic heterocycles. The number of carboxylic acids is 1. The van der Waals surface area contributed by atoms with Gasteiger partial charge in [-0.15, -0.1) is 5.10 Å². The lowest BCUT2D eigenvalue weighted by molar-refractivity contribution is -0.134. The van der Waals surface area contributed by atoms with Crippen molar-refractivity contribution in [3.05, 3.63) is 53.9 Å². The summed E-state index contributed by atoms with van der Waals surface area (Å²) in [5, 5.41) is 15.3. The van der Waals surface area contributed by atoms with E-state index >= 15 is 0 Å². The van der Waals surface area contributed by atoms with Crippen LogP contribution in [0, 0.1) is 13.8 Å². The lowest BCUT2D eigenvalue weighted by atomic mass is 9.91. The van der Waals surface area contributed by atoms with Gasteiger partial charge in [-0.3, -0.25) is 4.79 Å². The first kappa shape index (κ1) is 23.7. The number of imidazole rings is 1. The number of aliphatic carboxylic acids is 1. The molecule has 0 amide bonds. The van der Waals surface area contributed by atoms with E-state index in [-0.39, 0.29) is 5.41 Å². The molecule has 1 aromatic carbocycles. The first-order valence-corrected chi connectivity index (χ1v) is 10.4. The van der Waals surface area contributed by atoms with E-state index in [1.807, 2.05) is 42.8 Å². The highest BCUT2D eigenvalue weighted by Gasteiger charge is 2.21. The van der Waals surface area contributed by atoms with Gasteiger partial charge in [0.2, 0.25) is 5.95 Å². The maximum atomic E-state index is 9.00. The van der Waals surface area contributed by atoms with Crippen molar-refractivity contribution in [1.82, 2.24) is 29.1 Å². The minimum atomic E-state index is -0.833. The van der Waals surface area contributed by atoms with Crippen LogP contribution in [-0.4, -0.2) is 47.3 Å². The molecule has 0 aliphatic carbocycles. The maximum Gasteiger partial charge on any atom is 0.300 e. The van der Waals surface area contributed by atoms with Gasteiger partial charge >= 0.3 is 0 Å². The van der Waals surface area contributed by atoms with Gasteiger partial charge in [0.25, 0.3) is 11.7 Å². The van der Waals surface area contributed by atoms with Crippen LogP contribution < -0.4 is 10.1 Å². The maximum absolute atomic E-state index is 9.00. The minimum absolute atomic E-state index is 0.0787. The molecule has 0 aliphatic rings. The van der Waals surface area contributed by atoms with Crippen molar-refractivity contribution in [3.63, 3.8) is 0 Å². The minimum Gasteiger partial charge on any atom is -0.494 e. The molecule has 2 N–H and O–H groups in total. The Hall–Kier alpha value is -3.95. The number of aromatic nitrogens is 6. The molecule has 33 heavy (non-hydrogen) atoms. The molecular formula is C23H29N7O3. The van der Waals surface area contributed by atoms with Crippen molar-refractivity contribution in [2.24, 2.45) is 0 Å². The predicted octanol–water partition coefficient (Wildman–Crippen LogP) is 4.07. The molecule has 0 aliphatic heterocycles. The van der Waals surface area contributed by atoms with Crippen LogP contribution in [0.2, 0.25) is 0 Å². The summed E-state index contributed by atoms with van der Waals surface area (Å²) in [4.78, 5) is 22.4. The number of anilines is 2. The van der Waals surface area contributed by atoms with Crippen LogP contribution in [0.5, 0.6) is 5.75 Å². The lowest BCUT2D eigenvalue weighted by Crippen LogP contribution is -2.18. The third-order valence-corrected chi connectivity index (χ3v) is 4.63. The molecule has 10 heteroatoms. The average molecular weight is 452 g/mol. The number of nitrogens with one attached hydrogen (secondary N) is 1. The van der Waals surface area contributed by atoms with E-state index < -0.39 is 5.97 Å². The van der Waals surface area contributed by atoms with Crippen molar-refractivity contribution in [2.45, 2.75) is 47.0 Å². The highest BCUT2D eigenvalue weighted by molar-refractivity contribution is 5.63. The molecule has 4 rings (SSSR count). The Morgan fingerprint density at radius 1 is 1.12 bits per heavy atom. The van der Waals surface area contributed by atoms with Gasteiger partial charge in [-0.2, -0.15) is 9.50 Å². The fourth-order valence-corrected chi connectivity index (χ4v) is 3.22.